The second-order valence-corrected chi connectivity index (χ2v) is 7.17. The zero-order valence-electron chi connectivity index (χ0n) is 11.7. The van der Waals surface area contributed by atoms with Crippen molar-refractivity contribution in [2.75, 3.05) is 12.9 Å². The Labute approximate surface area is 122 Å². The van der Waals surface area contributed by atoms with Crippen molar-refractivity contribution in [3.63, 3.8) is 0 Å². The highest BCUT2D eigenvalue weighted by Crippen LogP contribution is 2.20. The third kappa shape index (κ3) is 5.00. The van der Waals surface area contributed by atoms with Crippen molar-refractivity contribution in [3.05, 3.63) is 0 Å². The summed E-state index contributed by atoms with van der Waals surface area (Å²) in [6, 6.07) is -1.31. The SMILES string of the molecule is COC(=O)CC[C@@H](NC(=O)C1CCCCS1(=O)=O)C(=O)O. The Kier molecular flexibility index (Phi) is 6.13. The van der Waals surface area contributed by atoms with E-state index in [0.29, 0.717) is 12.8 Å². The summed E-state index contributed by atoms with van der Waals surface area (Å²) in [5.41, 5.74) is 0. The third-order valence-electron chi connectivity index (χ3n) is 3.35. The second kappa shape index (κ2) is 7.39. The first-order valence-electron chi connectivity index (χ1n) is 6.59. The Morgan fingerprint density at radius 1 is 1.33 bits per heavy atom. The second-order valence-electron chi connectivity index (χ2n) is 4.87. The van der Waals surface area contributed by atoms with Crippen LogP contribution < -0.4 is 5.32 Å². The number of aliphatic carboxylic acids is 1. The van der Waals surface area contributed by atoms with Crippen molar-refractivity contribution >= 4 is 27.7 Å². The Balaban J connectivity index is 2.68. The van der Waals surface area contributed by atoms with Crippen molar-refractivity contribution in [3.8, 4) is 0 Å². The van der Waals surface area contributed by atoms with Gasteiger partial charge in [0, 0.05) is 6.42 Å². The standard InChI is InChI=1S/C12H19NO7S/c1-20-10(14)6-5-8(12(16)17)13-11(15)9-4-2-3-7-21(9,18)19/h8-9H,2-7H2,1H3,(H,13,15)(H,16,17)/t8-,9?/m1/s1. The van der Waals surface area contributed by atoms with E-state index in [-0.39, 0.29) is 25.0 Å². The number of carboxylic acid groups (broad SMARTS) is 1. The highest BCUT2D eigenvalue weighted by molar-refractivity contribution is 7.92. The van der Waals surface area contributed by atoms with Gasteiger partial charge in [-0.05, 0) is 19.3 Å². The lowest BCUT2D eigenvalue weighted by Crippen LogP contribution is -2.49. The fourth-order valence-electron chi connectivity index (χ4n) is 2.14. The number of methoxy groups -OCH3 is 1. The van der Waals surface area contributed by atoms with Crippen LogP contribution in [0.25, 0.3) is 0 Å². The molecule has 1 saturated heterocycles. The average Bonchev–Trinajstić information content (AvgIpc) is 2.41. The molecule has 120 valence electrons. The lowest BCUT2D eigenvalue weighted by molar-refractivity contribution is -0.144. The summed E-state index contributed by atoms with van der Waals surface area (Å²) >= 11 is 0. The van der Waals surface area contributed by atoms with Gasteiger partial charge in [-0.3, -0.25) is 9.59 Å². The van der Waals surface area contributed by atoms with Crippen LogP contribution in [0, 0.1) is 0 Å². The Morgan fingerprint density at radius 2 is 2.00 bits per heavy atom. The summed E-state index contributed by atoms with van der Waals surface area (Å²) < 4.78 is 28.0. The van der Waals surface area contributed by atoms with Gasteiger partial charge in [-0.25, -0.2) is 13.2 Å². The van der Waals surface area contributed by atoms with Crippen molar-refractivity contribution in [2.24, 2.45) is 0 Å². The molecule has 1 amide bonds. The van der Waals surface area contributed by atoms with E-state index in [2.05, 4.69) is 10.1 Å². The minimum absolute atomic E-state index is 0.0645. The average molecular weight is 321 g/mol. The van der Waals surface area contributed by atoms with Crippen LogP contribution in [0.4, 0.5) is 0 Å². The van der Waals surface area contributed by atoms with Gasteiger partial charge in [-0.15, -0.1) is 0 Å². The molecule has 0 aromatic carbocycles. The van der Waals surface area contributed by atoms with Gasteiger partial charge in [0.25, 0.3) is 0 Å². The molecular weight excluding hydrogens is 302 g/mol. The first-order chi connectivity index (χ1) is 9.77. The normalized spacial score (nSPS) is 22.0. The number of hydrogen-bond donors (Lipinski definition) is 2. The zero-order valence-corrected chi connectivity index (χ0v) is 12.5. The van der Waals surface area contributed by atoms with E-state index < -0.39 is 39.0 Å². The Bertz CT molecular complexity index is 514. The molecule has 2 N–H and O–H groups in total. The van der Waals surface area contributed by atoms with Crippen LogP contribution in [-0.4, -0.2) is 55.5 Å². The largest absolute Gasteiger partial charge is 0.480 e. The number of carboxylic acids is 1. The zero-order chi connectivity index (χ0) is 16.0. The number of carbonyl (C=O) groups excluding carboxylic acids is 2. The molecule has 0 spiro atoms. The number of esters is 1. The van der Waals surface area contributed by atoms with Gasteiger partial charge in [-0.2, -0.15) is 0 Å². The van der Waals surface area contributed by atoms with Gasteiger partial charge in [0.05, 0.1) is 12.9 Å². The van der Waals surface area contributed by atoms with Crippen molar-refractivity contribution < 1.29 is 32.6 Å². The van der Waals surface area contributed by atoms with E-state index in [4.69, 9.17) is 5.11 Å². The minimum Gasteiger partial charge on any atom is -0.480 e. The fraction of sp³-hybridized carbons (Fsp3) is 0.750. The number of carbonyl (C=O) groups is 3. The molecule has 1 unspecified atom stereocenters. The molecule has 8 nitrogen and oxygen atoms in total. The van der Waals surface area contributed by atoms with E-state index >= 15 is 0 Å². The van der Waals surface area contributed by atoms with E-state index in [0.717, 1.165) is 0 Å². The van der Waals surface area contributed by atoms with Gasteiger partial charge in [0.1, 0.15) is 11.3 Å². The highest BCUT2D eigenvalue weighted by atomic mass is 32.2. The maximum Gasteiger partial charge on any atom is 0.326 e. The molecule has 0 aromatic heterocycles. The Hall–Kier alpha value is -1.64. The molecule has 0 saturated carbocycles. The van der Waals surface area contributed by atoms with Crippen LogP contribution in [0.5, 0.6) is 0 Å². The number of sulfone groups is 1. The van der Waals surface area contributed by atoms with E-state index in [1.54, 1.807) is 0 Å². The first kappa shape index (κ1) is 17.4. The van der Waals surface area contributed by atoms with Crippen molar-refractivity contribution in [1.82, 2.24) is 5.32 Å². The molecule has 21 heavy (non-hydrogen) atoms. The van der Waals surface area contributed by atoms with Gasteiger partial charge in [0.2, 0.25) is 5.91 Å². The molecule has 1 heterocycles. The summed E-state index contributed by atoms with van der Waals surface area (Å²) in [7, 11) is -2.35. The summed E-state index contributed by atoms with van der Waals surface area (Å²) in [5.74, 6) is -2.79. The molecule has 2 atom stereocenters. The molecule has 0 radical (unpaired) electrons. The molecule has 1 rings (SSSR count). The molecule has 0 bridgehead atoms. The fourth-order valence-corrected chi connectivity index (χ4v) is 3.95. The van der Waals surface area contributed by atoms with E-state index in [1.807, 2.05) is 0 Å². The highest BCUT2D eigenvalue weighted by Gasteiger charge is 2.36. The number of hydrogen-bond acceptors (Lipinski definition) is 6. The summed E-state index contributed by atoms with van der Waals surface area (Å²) in [4.78, 5) is 34.0. The summed E-state index contributed by atoms with van der Waals surface area (Å²) in [6.07, 6.45) is 0.983. The van der Waals surface area contributed by atoms with Gasteiger partial charge in [0.15, 0.2) is 9.84 Å². The molecule has 1 aliphatic rings. The number of rotatable bonds is 6. The topological polar surface area (TPSA) is 127 Å². The number of amides is 1. The van der Waals surface area contributed by atoms with Gasteiger partial charge in [-0.1, -0.05) is 6.42 Å². The molecule has 0 aliphatic carbocycles. The maximum atomic E-state index is 12.0. The van der Waals surface area contributed by atoms with Crippen LogP contribution in [-0.2, 0) is 29.0 Å². The maximum absolute atomic E-state index is 12.0. The first-order valence-corrected chi connectivity index (χ1v) is 8.31. The lowest BCUT2D eigenvalue weighted by Gasteiger charge is -2.23. The van der Waals surface area contributed by atoms with E-state index in [9.17, 15) is 22.8 Å². The van der Waals surface area contributed by atoms with Crippen LogP contribution in [0.15, 0.2) is 0 Å². The van der Waals surface area contributed by atoms with Crippen LogP contribution in [0.2, 0.25) is 0 Å². The molecule has 9 heteroatoms. The Morgan fingerprint density at radius 3 is 2.52 bits per heavy atom. The molecular formula is C12H19NO7S. The monoisotopic (exact) mass is 321 g/mol. The summed E-state index contributed by atoms with van der Waals surface area (Å²) in [6.45, 7) is 0. The number of ether oxygens (including phenoxy) is 1. The smallest absolute Gasteiger partial charge is 0.326 e. The van der Waals surface area contributed by atoms with E-state index in [1.165, 1.54) is 7.11 Å². The molecule has 1 fully saturated rings. The van der Waals surface area contributed by atoms with Gasteiger partial charge < -0.3 is 15.2 Å². The minimum atomic E-state index is -3.53. The van der Waals surface area contributed by atoms with Crippen molar-refractivity contribution in [1.29, 1.82) is 0 Å². The van der Waals surface area contributed by atoms with Crippen LogP contribution >= 0.6 is 0 Å². The predicted octanol–water partition coefficient (Wildman–Crippen LogP) is -0.524. The molecule has 0 aromatic rings. The van der Waals surface area contributed by atoms with Crippen molar-refractivity contribution in [2.45, 2.75) is 43.4 Å². The van der Waals surface area contributed by atoms with Crippen LogP contribution in [0.3, 0.4) is 0 Å². The van der Waals surface area contributed by atoms with Crippen LogP contribution in [0.1, 0.15) is 32.1 Å². The number of nitrogens with one attached hydrogen (secondary N) is 1. The third-order valence-corrected chi connectivity index (χ3v) is 5.52. The predicted molar refractivity (Wildman–Crippen MR) is 72.2 cm³/mol. The summed E-state index contributed by atoms with van der Waals surface area (Å²) in [5, 5.41) is 10.0. The molecule has 1 aliphatic heterocycles. The quantitative estimate of drug-likeness (QED) is 0.630. The van der Waals surface area contributed by atoms with Gasteiger partial charge >= 0.3 is 11.9 Å². The lowest BCUT2D eigenvalue weighted by atomic mass is 10.1.